The molecule has 110 valence electrons. The number of carbonyl (C=O) groups is 1. The first-order valence-corrected chi connectivity index (χ1v) is 7.83. The van der Waals surface area contributed by atoms with Gasteiger partial charge in [0.2, 0.25) is 5.91 Å². The zero-order valence-corrected chi connectivity index (χ0v) is 13.3. The van der Waals surface area contributed by atoms with Gasteiger partial charge in [0, 0.05) is 36.3 Å². The first-order chi connectivity index (χ1) is 9.65. The molecular formula is C15H21BrN2O2. The van der Waals surface area contributed by atoms with Crippen LogP contribution in [-0.2, 0) is 9.53 Å². The van der Waals surface area contributed by atoms with Crippen LogP contribution >= 0.6 is 15.9 Å². The standard InChI is InChI=1S/C15H21BrN2O2/c1-11-9-12(4-5-14(11)16)18-15(19)6-7-17-10-13-3-2-8-20-13/h4-5,9,13,17H,2-3,6-8,10H2,1H3,(H,18,19). The highest BCUT2D eigenvalue weighted by Crippen LogP contribution is 2.20. The minimum absolute atomic E-state index is 0.0339. The monoisotopic (exact) mass is 340 g/mol. The molecule has 0 aromatic heterocycles. The topological polar surface area (TPSA) is 50.4 Å². The van der Waals surface area contributed by atoms with Gasteiger partial charge in [-0.25, -0.2) is 0 Å². The molecule has 1 amide bonds. The Morgan fingerprint density at radius 1 is 1.50 bits per heavy atom. The number of aryl methyl sites for hydroxylation is 1. The lowest BCUT2D eigenvalue weighted by Crippen LogP contribution is -2.29. The van der Waals surface area contributed by atoms with Crippen LogP contribution in [0.2, 0.25) is 0 Å². The Morgan fingerprint density at radius 3 is 3.05 bits per heavy atom. The molecule has 1 aliphatic rings. The Kier molecular flexibility index (Phi) is 6.01. The summed E-state index contributed by atoms with van der Waals surface area (Å²) in [6.45, 7) is 4.39. The van der Waals surface area contributed by atoms with Crippen molar-refractivity contribution >= 4 is 27.5 Å². The maximum atomic E-state index is 11.8. The van der Waals surface area contributed by atoms with Gasteiger partial charge in [0.15, 0.2) is 0 Å². The van der Waals surface area contributed by atoms with Gasteiger partial charge in [-0.2, -0.15) is 0 Å². The van der Waals surface area contributed by atoms with Gasteiger partial charge in [0.1, 0.15) is 0 Å². The second kappa shape index (κ2) is 7.76. The molecule has 1 atom stereocenters. The third-order valence-corrected chi connectivity index (χ3v) is 4.26. The van der Waals surface area contributed by atoms with Crippen molar-refractivity contribution in [3.05, 3.63) is 28.2 Å². The lowest BCUT2D eigenvalue weighted by Gasteiger charge is -2.11. The first-order valence-electron chi connectivity index (χ1n) is 7.03. The van der Waals surface area contributed by atoms with Crippen LogP contribution in [0.15, 0.2) is 22.7 Å². The van der Waals surface area contributed by atoms with Crippen molar-refractivity contribution in [3.63, 3.8) is 0 Å². The van der Waals surface area contributed by atoms with E-state index in [2.05, 4.69) is 26.6 Å². The predicted octanol–water partition coefficient (Wildman–Crippen LogP) is 2.85. The number of ether oxygens (including phenoxy) is 1. The summed E-state index contributed by atoms with van der Waals surface area (Å²) < 4.78 is 6.56. The number of amides is 1. The molecule has 0 bridgehead atoms. The largest absolute Gasteiger partial charge is 0.377 e. The van der Waals surface area contributed by atoms with E-state index in [1.165, 1.54) is 0 Å². The van der Waals surface area contributed by atoms with E-state index in [0.717, 1.165) is 41.7 Å². The molecule has 1 aromatic rings. The normalized spacial score (nSPS) is 18.2. The second-order valence-corrected chi connectivity index (χ2v) is 5.96. The van der Waals surface area contributed by atoms with Gasteiger partial charge < -0.3 is 15.4 Å². The zero-order valence-electron chi connectivity index (χ0n) is 11.7. The lowest BCUT2D eigenvalue weighted by molar-refractivity contribution is -0.116. The smallest absolute Gasteiger partial charge is 0.225 e. The summed E-state index contributed by atoms with van der Waals surface area (Å²) in [5, 5.41) is 6.18. The Labute approximate surface area is 128 Å². The fourth-order valence-electron chi connectivity index (χ4n) is 2.22. The average Bonchev–Trinajstić information content (AvgIpc) is 2.92. The second-order valence-electron chi connectivity index (χ2n) is 5.10. The Morgan fingerprint density at radius 2 is 2.35 bits per heavy atom. The van der Waals surface area contributed by atoms with Crippen LogP contribution in [-0.4, -0.2) is 31.7 Å². The maximum Gasteiger partial charge on any atom is 0.225 e. The Balaban J connectivity index is 1.65. The van der Waals surface area contributed by atoms with Crippen molar-refractivity contribution in [2.45, 2.75) is 32.3 Å². The number of hydrogen-bond acceptors (Lipinski definition) is 3. The summed E-state index contributed by atoms with van der Waals surface area (Å²) in [4.78, 5) is 11.8. The van der Waals surface area contributed by atoms with Gasteiger partial charge in [0.25, 0.3) is 0 Å². The summed E-state index contributed by atoms with van der Waals surface area (Å²) in [6.07, 6.45) is 3.07. The van der Waals surface area contributed by atoms with Gasteiger partial charge in [-0.15, -0.1) is 0 Å². The summed E-state index contributed by atoms with van der Waals surface area (Å²) in [5.41, 5.74) is 1.95. The van der Waals surface area contributed by atoms with E-state index >= 15 is 0 Å². The van der Waals surface area contributed by atoms with Gasteiger partial charge in [-0.3, -0.25) is 4.79 Å². The van der Waals surface area contributed by atoms with E-state index < -0.39 is 0 Å². The molecule has 1 unspecified atom stereocenters. The molecule has 0 aliphatic carbocycles. The van der Waals surface area contributed by atoms with Gasteiger partial charge in [-0.05, 0) is 43.5 Å². The van der Waals surface area contributed by atoms with Crippen LogP contribution in [0.3, 0.4) is 0 Å². The highest BCUT2D eigenvalue weighted by Gasteiger charge is 2.14. The van der Waals surface area contributed by atoms with Gasteiger partial charge in [0.05, 0.1) is 6.10 Å². The summed E-state index contributed by atoms with van der Waals surface area (Å²) >= 11 is 3.44. The van der Waals surface area contributed by atoms with Crippen molar-refractivity contribution in [3.8, 4) is 0 Å². The number of anilines is 1. The third-order valence-electron chi connectivity index (χ3n) is 3.37. The van der Waals surface area contributed by atoms with E-state index in [1.54, 1.807) is 0 Å². The fraction of sp³-hybridized carbons (Fsp3) is 0.533. The molecule has 0 spiro atoms. The average molecular weight is 341 g/mol. The Bertz CT molecular complexity index is 459. The minimum Gasteiger partial charge on any atom is -0.377 e. The molecule has 1 heterocycles. The molecule has 0 radical (unpaired) electrons. The lowest BCUT2D eigenvalue weighted by atomic mass is 10.2. The summed E-state index contributed by atoms with van der Waals surface area (Å²) in [7, 11) is 0. The quantitative estimate of drug-likeness (QED) is 0.783. The number of carbonyl (C=O) groups excluding carboxylic acids is 1. The minimum atomic E-state index is 0.0339. The maximum absolute atomic E-state index is 11.8. The van der Waals surface area contributed by atoms with Crippen LogP contribution < -0.4 is 10.6 Å². The fourth-order valence-corrected chi connectivity index (χ4v) is 2.46. The van der Waals surface area contributed by atoms with E-state index in [0.29, 0.717) is 19.1 Å². The first kappa shape index (κ1) is 15.5. The predicted molar refractivity (Wildman–Crippen MR) is 84.0 cm³/mol. The van der Waals surface area contributed by atoms with Crippen LogP contribution in [0.5, 0.6) is 0 Å². The highest BCUT2D eigenvalue weighted by atomic mass is 79.9. The Hall–Kier alpha value is -0.910. The van der Waals surface area contributed by atoms with E-state index in [4.69, 9.17) is 4.74 Å². The molecular weight excluding hydrogens is 320 g/mol. The third kappa shape index (κ3) is 4.89. The van der Waals surface area contributed by atoms with Crippen molar-refractivity contribution in [1.82, 2.24) is 5.32 Å². The van der Waals surface area contributed by atoms with Crippen molar-refractivity contribution in [2.75, 3.05) is 25.0 Å². The number of benzene rings is 1. The molecule has 1 aromatic carbocycles. The van der Waals surface area contributed by atoms with E-state index in [1.807, 2.05) is 25.1 Å². The molecule has 1 saturated heterocycles. The van der Waals surface area contributed by atoms with Crippen molar-refractivity contribution in [1.29, 1.82) is 0 Å². The summed E-state index contributed by atoms with van der Waals surface area (Å²) in [5.74, 6) is 0.0339. The van der Waals surface area contributed by atoms with Crippen LogP contribution in [0, 0.1) is 6.92 Å². The van der Waals surface area contributed by atoms with Crippen LogP contribution in [0.25, 0.3) is 0 Å². The van der Waals surface area contributed by atoms with Gasteiger partial charge in [-0.1, -0.05) is 15.9 Å². The van der Waals surface area contributed by atoms with Crippen molar-refractivity contribution in [2.24, 2.45) is 0 Å². The van der Waals surface area contributed by atoms with E-state index in [9.17, 15) is 4.79 Å². The highest BCUT2D eigenvalue weighted by molar-refractivity contribution is 9.10. The van der Waals surface area contributed by atoms with Crippen LogP contribution in [0.4, 0.5) is 5.69 Å². The number of hydrogen-bond donors (Lipinski definition) is 2. The zero-order chi connectivity index (χ0) is 14.4. The van der Waals surface area contributed by atoms with Crippen LogP contribution in [0.1, 0.15) is 24.8 Å². The molecule has 4 nitrogen and oxygen atoms in total. The number of rotatable bonds is 6. The molecule has 1 aliphatic heterocycles. The molecule has 2 rings (SSSR count). The SMILES string of the molecule is Cc1cc(NC(=O)CCNCC2CCCO2)ccc1Br. The molecule has 20 heavy (non-hydrogen) atoms. The summed E-state index contributed by atoms with van der Waals surface area (Å²) in [6, 6.07) is 5.80. The van der Waals surface area contributed by atoms with Gasteiger partial charge >= 0.3 is 0 Å². The molecule has 5 heteroatoms. The molecule has 0 saturated carbocycles. The van der Waals surface area contributed by atoms with E-state index in [-0.39, 0.29) is 5.91 Å². The molecule has 1 fully saturated rings. The van der Waals surface area contributed by atoms with Crippen molar-refractivity contribution < 1.29 is 9.53 Å². The molecule has 2 N–H and O–H groups in total. The number of nitrogens with one attached hydrogen (secondary N) is 2. The number of halogens is 1.